The molecule has 0 spiro atoms. The zero-order valence-electron chi connectivity index (χ0n) is 10.1. The van der Waals surface area contributed by atoms with E-state index in [1.807, 2.05) is 17.8 Å². The number of aromatic nitrogens is 2. The Morgan fingerprint density at radius 1 is 1.56 bits per heavy atom. The third-order valence-electron chi connectivity index (χ3n) is 3.46. The predicted octanol–water partition coefficient (Wildman–Crippen LogP) is 3.00. The number of aromatic carboxylic acids is 1. The minimum atomic E-state index is -0.928. The Kier molecular flexibility index (Phi) is 2.59. The van der Waals surface area contributed by atoms with Crippen molar-refractivity contribution < 1.29 is 9.90 Å². The van der Waals surface area contributed by atoms with Gasteiger partial charge in [0.25, 0.3) is 0 Å². The summed E-state index contributed by atoms with van der Waals surface area (Å²) < 4.78 is -0.00517. The van der Waals surface area contributed by atoms with Crippen LogP contribution in [0.4, 0.5) is 0 Å². The molecule has 0 bridgehead atoms. The van der Waals surface area contributed by atoms with Crippen molar-refractivity contribution in [3.63, 3.8) is 0 Å². The highest BCUT2D eigenvalue weighted by atomic mass is 32.2. The van der Waals surface area contributed by atoms with Gasteiger partial charge in [-0.25, -0.2) is 9.78 Å². The predicted molar refractivity (Wildman–Crippen MR) is 72.1 cm³/mol. The largest absolute Gasteiger partial charge is 0.478 e. The molecule has 18 heavy (non-hydrogen) atoms. The summed E-state index contributed by atoms with van der Waals surface area (Å²) in [7, 11) is 0. The molecule has 0 amide bonds. The highest BCUT2D eigenvalue weighted by Crippen LogP contribution is 2.45. The van der Waals surface area contributed by atoms with Crippen LogP contribution in [0.2, 0.25) is 0 Å². The molecule has 3 rings (SSSR count). The second-order valence-corrected chi connectivity index (χ2v) is 6.37. The Hall–Kier alpha value is -1.49. The van der Waals surface area contributed by atoms with Crippen LogP contribution in [-0.4, -0.2) is 26.8 Å². The van der Waals surface area contributed by atoms with Crippen LogP contribution in [-0.2, 0) is 4.75 Å². The molecule has 2 N–H and O–H groups in total. The number of carbonyl (C=O) groups is 1. The lowest BCUT2D eigenvalue weighted by Crippen LogP contribution is -2.14. The summed E-state index contributed by atoms with van der Waals surface area (Å²) in [4.78, 5) is 19.0. The Morgan fingerprint density at radius 3 is 3.06 bits per heavy atom. The van der Waals surface area contributed by atoms with Gasteiger partial charge in [0.2, 0.25) is 0 Å². The number of rotatable bonds is 2. The number of hydrogen-bond acceptors (Lipinski definition) is 3. The van der Waals surface area contributed by atoms with E-state index >= 15 is 0 Å². The number of carboxylic acid groups (broad SMARTS) is 1. The second-order valence-electron chi connectivity index (χ2n) is 4.78. The number of nitrogens with zero attached hydrogens (tertiary/aromatic N) is 1. The summed E-state index contributed by atoms with van der Waals surface area (Å²) in [6.07, 6.45) is 2.27. The lowest BCUT2D eigenvalue weighted by Gasteiger charge is -2.18. The number of hydrogen-bond donors (Lipinski definition) is 2. The van der Waals surface area contributed by atoms with E-state index in [1.54, 1.807) is 12.1 Å². The Morgan fingerprint density at radius 2 is 2.39 bits per heavy atom. The highest BCUT2D eigenvalue weighted by molar-refractivity contribution is 8.00. The van der Waals surface area contributed by atoms with E-state index in [4.69, 9.17) is 5.11 Å². The topological polar surface area (TPSA) is 66.0 Å². The summed E-state index contributed by atoms with van der Waals surface area (Å²) in [6, 6.07) is 5.22. The molecule has 1 saturated heterocycles. The van der Waals surface area contributed by atoms with Gasteiger partial charge in [-0.2, -0.15) is 0 Å². The van der Waals surface area contributed by atoms with E-state index < -0.39 is 5.97 Å². The van der Waals surface area contributed by atoms with Gasteiger partial charge < -0.3 is 10.1 Å². The van der Waals surface area contributed by atoms with Crippen molar-refractivity contribution in [3.8, 4) is 0 Å². The number of aromatic amines is 1. The fourth-order valence-corrected chi connectivity index (χ4v) is 3.68. The number of imidazole rings is 1. The van der Waals surface area contributed by atoms with E-state index in [2.05, 4.69) is 16.9 Å². The third kappa shape index (κ3) is 1.70. The normalized spacial score (nSPS) is 23.6. The van der Waals surface area contributed by atoms with Crippen molar-refractivity contribution >= 4 is 28.8 Å². The van der Waals surface area contributed by atoms with Crippen LogP contribution in [0.5, 0.6) is 0 Å². The molecule has 4 nitrogen and oxygen atoms in total. The number of thioether (sulfide) groups is 1. The SMILES string of the molecule is CC1(c2nc3c(C(=O)O)cccc3[nH]2)CCCS1. The van der Waals surface area contributed by atoms with Gasteiger partial charge in [0.15, 0.2) is 0 Å². The molecular formula is C13H14N2O2S. The van der Waals surface area contributed by atoms with Crippen LogP contribution in [0.25, 0.3) is 11.0 Å². The summed E-state index contributed by atoms with van der Waals surface area (Å²) in [5.41, 5.74) is 1.63. The monoisotopic (exact) mass is 262 g/mol. The average molecular weight is 262 g/mol. The molecule has 1 aliphatic heterocycles. The molecule has 2 aromatic rings. The summed E-state index contributed by atoms with van der Waals surface area (Å²) in [5, 5.41) is 9.16. The van der Waals surface area contributed by atoms with E-state index in [0.29, 0.717) is 5.52 Å². The van der Waals surface area contributed by atoms with Crippen LogP contribution in [0.3, 0.4) is 0 Å². The molecule has 2 heterocycles. The minimum Gasteiger partial charge on any atom is -0.478 e. The van der Waals surface area contributed by atoms with Gasteiger partial charge in [-0.15, -0.1) is 11.8 Å². The summed E-state index contributed by atoms with van der Waals surface area (Å²) in [5.74, 6) is 1.11. The van der Waals surface area contributed by atoms with Crippen molar-refractivity contribution in [1.29, 1.82) is 0 Å². The lowest BCUT2D eigenvalue weighted by molar-refractivity contribution is 0.0699. The maximum atomic E-state index is 11.2. The van der Waals surface area contributed by atoms with Crippen molar-refractivity contribution in [2.24, 2.45) is 0 Å². The van der Waals surface area contributed by atoms with Gasteiger partial charge in [0, 0.05) is 0 Å². The average Bonchev–Trinajstić information content (AvgIpc) is 2.94. The smallest absolute Gasteiger partial charge is 0.337 e. The standard InChI is InChI=1S/C13H14N2O2S/c1-13(6-3-7-18-13)12-14-9-5-2-4-8(11(16)17)10(9)15-12/h2,4-5H,3,6-7H2,1H3,(H,14,15)(H,16,17). The van der Waals surface area contributed by atoms with Crippen LogP contribution in [0.1, 0.15) is 35.9 Å². The van der Waals surface area contributed by atoms with Crippen molar-refractivity contribution in [3.05, 3.63) is 29.6 Å². The molecule has 0 radical (unpaired) electrons. The van der Waals surface area contributed by atoms with Crippen LogP contribution in [0.15, 0.2) is 18.2 Å². The second kappa shape index (κ2) is 4.02. The third-order valence-corrected chi connectivity index (χ3v) is 4.99. The molecule has 1 aliphatic rings. The zero-order valence-corrected chi connectivity index (χ0v) is 10.9. The van der Waals surface area contributed by atoms with Crippen molar-refractivity contribution in [2.75, 3.05) is 5.75 Å². The number of H-pyrrole nitrogens is 1. The lowest BCUT2D eigenvalue weighted by atomic mass is 10.1. The number of para-hydroxylation sites is 1. The molecule has 1 aromatic carbocycles. The van der Waals surface area contributed by atoms with E-state index in [9.17, 15) is 4.79 Å². The van der Waals surface area contributed by atoms with Gasteiger partial charge in [-0.05, 0) is 37.7 Å². The number of fused-ring (bicyclic) bond motifs is 1. The van der Waals surface area contributed by atoms with Gasteiger partial charge in [-0.3, -0.25) is 0 Å². The Bertz CT molecular complexity index is 614. The first-order valence-corrected chi connectivity index (χ1v) is 6.95. The first-order chi connectivity index (χ1) is 8.60. The fourth-order valence-electron chi connectivity index (χ4n) is 2.42. The van der Waals surface area contributed by atoms with Gasteiger partial charge >= 0.3 is 5.97 Å². The Balaban J connectivity index is 2.16. The molecule has 1 unspecified atom stereocenters. The number of carboxylic acids is 1. The first kappa shape index (κ1) is 11.6. The first-order valence-electron chi connectivity index (χ1n) is 5.97. The fraction of sp³-hybridized carbons (Fsp3) is 0.385. The van der Waals surface area contributed by atoms with Crippen LogP contribution >= 0.6 is 11.8 Å². The quantitative estimate of drug-likeness (QED) is 0.873. The molecule has 0 saturated carbocycles. The van der Waals surface area contributed by atoms with Crippen molar-refractivity contribution in [1.82, 2.24) is 9.97 Å². The molecule has 94 valence electrons. The highest BCUT2D eigenvalue weighted by Gasteiger charge is 2.34. The van der Waals surface area contributed by atoms with E-state index in [0.717, 1.165) is 23.5 Å². The minimum absolute atomic E-state index is 0.00517. The summed E-state index contributed by atoms with van der Waals surface area (Å²) in [6.45, 7) is 2.17. The Labute approximate surface area is 109 Å². The molecule has 1 fully saturated rings. The molecule has 1 atom stereocenters. The molecule has 0 aliphatic carbocycles. The van der Waals surface area contributed by atoms with E-state index in [-0.39, 0.29) is 10.3 Å². The maximum absolute atomic E-state index is 11.2. The zero-order chi connectivity index (χ0) is 12.8. The van der Waals surface area contributed by atoms with Gasteiger partial charge in [0.1, 0.15) is 11.3 Å². The summed E-state index contributed by atoms with van der Waals surface area (Å²) >= 11 is 1.89. The van der Waals surface area contributed by atoms with Crippen LogP contribution in [0, 0.1) is 0 Å². The molecule has 5 heteroatoms. The molecular weight excluding hydrogens is 248 g/mol. The van der Waals surface area contributed by atoms with Gasteiger partial charge in [-0.1, -0.05) is 6.07 Å². The van der Waals surface area contributed by atoms with Crippen LogP contribution < -0.4 is 0 Å². The van der Waals surface area contributed by atoms with E-state index in [1.165, 1.54) is 6.42 Å². The number of benzene rings is 1. The van der Waals surface area contributed by atoms with Gasteiger partial charge in [0.05, 0.1) is 15.8 Å². The number of nitrogens with one attached hydrogen (secondary N) is 1. The maximum Gasteiger partial charge on any atom is 0.337 e. The molecule has 1 aromatic heterocycles. The van der Waals surface area contributed by atoms with Crippen molar-refractivity contribution in [2.45, 2.75) is 24.5 Å².